The van der Waals surface area contributed by atoms with Gasteiger partial charge in [0, 0.05) is 31.7 Å². The second-order valence-electron chi connectivity index (χ2n) is 6.79. The van der Waals surface area contributed by atoms with Crippen LogP contribution in [0.5, 0.6) is 0 Å². The molecule has 0 N–H and O–H groups in total. The molecule has 0 aromatic heterocycles. The third kappa shape index (κ3) is 4.88. The van der Waals surface area contributed by atoms with Gasteiger partial charge in [-0.05, 0) is 48.5 Å². The highest BCUT2D eigenvalue weighted by Crippen LogP contribution is 2.30. The van der Waals surface area contributed by atoms with Gasteiger partial charge in [0.1, 0.15) is 0 Å². The lowest BCUT2D eigenvalue weighted by molar-refractivity contribution is -0.137. The van der Waals surface area contributed by atoms with Crippen LogP contribution in [0.15, 0.2) is 53.4 Å². The second-order valence-corrected chi connectivity index (χ2v) is 8.73. The topological polar surface area (TPSA) is 84.0 Å². The average molecular weight is 456 g/mol. The van der Waals surface area contributed by atoms with E-state index in [0.717, 1.165) is 28.6 Å². The Bertz CT molecular complexity index is 1060. The number of sulfonamides is 1. The number of nitrogens with zero attached hydrogens (tertiary/aromatic N) is 2. The number of rotatable bonds is 4. The van der Waals surface area contributed by atoms with Crippen LogP contribution in [-0.2, 0) is 20.9 Å². The number of alkyl halides is 3. The number of hydrogen-bond acceptors (Lipinski definition) is 5. The van der Waals surface area contributed by atoms with Gasteiger partial charge < -0.3 is 9.64 Å². The molecule has 2 aromatic rings. The Balaban J connectivity index is 1.65. The lowest BCUT2D eigenvalue weighted by atomic mass is 10.1. The smallest absolute Gasteiger partial charge is 0.416 e. The Labute approximate surface area is 177 Å². The minimum Gasteiger partial charge on any atom is -0.465 e. The van der Waals surface area contributed by atoms with Crippen molar-refractivity contribution in [1.82, 2.24) is 9.21 Å². The first kappa shape index (κ1) is 22.8. The molecule has 1 fully saturated rings. The average Bonchev–Trinajstić information content (AvgIpc) is 2.77. The molecule has 2 aromatic carbocycles. The summed E-state index contributed by atoms with van der Waals surface area (Å²) < 4.78 is 69.3. The van der Waals surface area contributed by atoms with Crippen LogP contribution in [0.2, 0.25) is 0 Å². The number of carbonyl (C=O) groups is 2. The Morgan fingerprint density at radius 3 is 1.87 bits per heavy atom. The summed E-state index contributed by atoms with van der Waals surface area (Å²) in [4.78, 5) is 25.4. The van der Waals surface area contributed by atoms with E-state index in [9.17, 15) is 31.2 Å². The molecule has 1 amide bonds. The van der Waals surface area contributed by atoms with Crippen molar-refractivity contribution >= 4 is 21.9 Å². The standard InChI is InChI=1S/C20H19F3N2O5S/c1-30-19(27)15-4-2-14(3-5-15)18(26)24-10-12-25(13-11-24)31(28,29)17-8-6-16(7-9-17)20(21,22)23/h2-9H,10-13H2,1H3. The zero-order chi connectivity index (χ0) is 22.8. The quantitative estimate of drug-likeness (QED) is 0.661. The fourth-order valence-electron chi connectivity index (χ4n) is 3.15. The van der Waals surface area contributed by atoms with Gasteiger partial charge in [0.25, 0.3) is 5.91 Å². The van der Waals surface area contributed by atoms with Crippen molar-refractivity contribution < 1.29 is 35.9 Å². The zero-order valence-electron chi connectivity index (χ0n) is 16.4. The largest absolute Gasteiger partial charge is 0.465 e. The number of hydrogen-bond donors (Lipinski definition) is 0. The van der Waals surface area contributed by atoms with Crippen LogP contribution < -0.4 is 0 Å². The number of esters is 1. The van der Waals surface area contributed by atoms with Gasteiger partial charge in [-0.25, -0.2) is 13.2 Å². The van der Waals surface area contributed by atoms with E-state index in [1.807, 2.05) is 0 Å². The molecule has 7 nitrogen and oxygen atoms in total. The third-order valence-corrected chi connectivity index (χ3v) is 6.81. The summed E-state index contributed by atoms with van der Waals surface area (Å²) in [6, 6.07) is 9.21. The van der Waals surface area contributed by atoms with E-state index in [1.54, 1.807) is 0 Å². The first-order valence-corrected chi connectivity index (χ1v) is 10.6. The van der Waals surface area contributed by atoms with Crippen LogP contribution in [0.25, 0.3) is 0 Å². The van der Waals surface area contributed by atoms with E-state index in [2.05, 4.69) is 4.74 Å². The summed E-state index contributed by atoms with van der Waals surface area (Å²) >= 11 is 0. The predicted molar refractivity (Wildman–Crippen MR) is 104 cm³/mol. The number of carbonyl (C=O) groups excluding carboxylic acids is 2. The summed E-state index contributed by atoms with van der Waals surface area (Å²) in [5.41, 5.74) is -0.293. The fraction of sp³-hybridized carbons (Fsp3) is 0.300. The van der Waals surface area contributed by atoms with Crippen molar-refractivity contribution in [3.63, 3.8) is 0 Å². The highest BCUT2D eigenvalue weighted by Gasteiger charge is 2.33. The SMILES string of the molecule is COC(=O)c1ccc(C(=O)N2CCN(S(=O)(=O)c3ccc(C(F)(F)F)cc3)CC2)cc1. The van der Waals surface area contributed by atoms with Crippen molar-refractivity contribution in [2.45, 2.75) is 11.1 Å². The number of piperazine rings is 1. The Morgan fingerprint density at radius 2 is 1.39 bits per heavy atom. The Kier molecular flexibility index (Phi) is 6.37. The maximum Gasteiger partial charge on any atom is 0.416 e. The molecule has 1 aliphatic heterocycles. The van der Waals surface area contributed by atoms with Crippen LogP contribution in [0, 0.1) is 0 Å². The van der Waals surface area contributed by atoms with E-state index in [4.69, 9.17) is 0 Å². The van der Waals surface area contributed by atoms with E-state index < -0.39 is 27.7 Å². The number of ether oxygens (including phenoxy) is 1. The Hall–Kier alpha value is -2.92. The van der Waals surface area contributed by atoms with Crippen LogP contribution in [0.1, 0.15) is 26.3 Å². The van der Waals surface area contributed by atoms with E-state index in [-0.39, 0.29) is 37.0 Å². The molecule has 0 unspecified atom stereocenters. The molecule has 166 valence electrons. The van der Waals surface area contributed by atoms with Crippen molar-refractivity contribution in [2.24, 2.45) is 0 Å². The van der Waals surface area contributed by atoms with Crippen LogP contribution in [0.4, 0.5) is 13.2 Å². The summed E-state index contributed by atoms with van der Waals surface area (Å²) in [5, 5.41) is 0. The number of halogens is 3. The molecule has 0 saturated carbocycles. The maximum absolute atomic E-state index is 12.7. The van der Waals surface area contributed by atoms with Crippen LogP contribution in [-0.4, -0.2) is 62.8 Å². The first-order valence-electron chi connectivity index (χ1n) is 9.19. The molecule has 11 heteroatoms. The monoisotopic (exact) mass is 456 g/mol. The summed E-state index contributed by atoms with van der Waals surface area (Å²) in [7, 11) is -2.73. The van der Waals surface area contributed by atoms with Gasteiger partial charge in [0.05, 0.1) is 23.1 Å². The van der Waals surface area contributed by atoms with E-state index in [1.165, 1.54) is 36.3 Å². The summed E-state index contributed by atoms with van der Waals surface area (Å²) in [6.45, 7) is 0.263. The van der Waals surface area contributed by atoms with Crippen molar-refractivity contribution in [2.75, 3.05) is 33.3 Å². The van der Waals surface area contributed by atoms with Crippen molar-refractivity contribution in [1.29, 1.82) is 0 Å². The molecule has 1 aliphatic rings. The lowest BCUT2D eigenvalue weighted by Gasteiger charge is -2.34. The van der Waals surface area contributed by atoms with Gasteiger partial charge in [-0.3, -0.25) is 4.79 Å². The second kappa shape index (κ2) is 8.67. The molecule has 31 heavy (non-hydrogen) atoms. The number of benzene rings is 2. The number of methoxy groups -OCH3 is 1. The minimum absolute atomic E-state index is 0.00927. The predicted octanol–water partition coefficient (Wildman–Crippen LogP) is 2.64. The van der Waals surface area contributed by atoms with Gasteiger partial charge in [-0.15, -0.1) is 0 Å². The minimum atomic E-state index is -4.55. The summed E-state index contributed by atoms with van der Waals surface area (Å²) in [6.07, 6.45) is -4.55. The summed E-state index contributed by atoms with van der Waals surface area (Å²) in [5.74, 6) is -0.843. The molecule has 0 radical (unpaired) electrons. The van der Waals surface area contributed by atoms with Crippen molar-refractivity contribution in [3.05, 3.63) is 65.2 Å². The third-order valence-electron chi connectivity index (χ3n) is 4.90. The molecule has 1 heterocycles. The molecule has 0 atom stereocenters. The molecular weight excluding hydrogens is 437 g/mol. The lowest BCUT2D eigenvalue weighted by Crippen LogP contribution is -2.50. The molecule has 0 spiro atoms. The highest BCUT2D eigenvalue weighted by molar-refractivity contribution is 7.89. The van der Waals surface area contributed by atoms with E-state index >= 15 is 0 Å². The maximum atomic E-state index is 12.7. The van der Waals surface area contributed by atoms with Gasteiger partial charge in [-0.1, -0.05) is 0 Å². The normalized spacial score (nSPS) is 15.5. The van der Waals surface area contributed by atoms with Gasteiger partial charge in [0.2, 0.25) is 10.0 Å². The molecular formula is C20H19F3N2O5S. The van der Waals surface area contributed by atoms with Gasteiger partial charge in [-0.2, -0.15) is 17.5 Å². The molecule has 0 bridgehead atoms. The molecule has 1 saturated heterocycles. The fourth-order valence-corrected chi connectivity index (χ4v) is 4.57. The number of amides is 1. The van der Waals surface area contributed by atoms with Crippen LogP contribution in [0.3, 0.4) is 0 Å². The first-order chi connectivity index (χ1) is 14.5. The zero-order valence-corrected chi connectivity index (χ0v) is 17.2. The Morgan fingerprint density at radius 1 is 0.871 bits per heavy atom. The van der Waals surface area contributed by atoms with Crippen molar-refractivity contribution in [3.8, 4) is 0 Å². The highest BCUT2D eigenvalue weighted by atomic mass is 32.2. The van der Waals surface area contributed by atoms with E-state index in [0.29, 0.717) is 11.1 Å². The molecule has 3 rings (SSSR count). The molecule has 0 aliphatic carbocycles. The van der Waals surface area contributed by atoms with Gasteiger partial charge in [0.15, 0.2) is 0 Å². The van der Waals surface area contributed by atoms with Crippen LogP contribution >= 0.6 is 0 Å². The van der Waals surface area contributed by atoms with Gasteiger partial charge >= 0.3 is 12.1 Å².